The van der Waals surface area contributed by atoms with Crippen molar-refractivity contribution >= 4 is 11.8 Å². The van der Waals surface area contributed by atoms with Gasteiger partial charge in [0.2, 0.25) is 5.91 Å². The number of rotatable bonds is 6. The van der Waals surface area contributed by atoms with E-state index in [2.05, 4.69) is 11.5 Å². The third-order valence-electron chi connectivity index (χ3n) is 5.87. The minimum atomic E-state index is -0.0285. The molecular weight excluding hydrogens is 368 g/mol. The van der Waals surface area contributed by atoms with E-state index in [1.165, 1.54) is 12.5 Å². The number of hydrogen-bond donors (Lipinski definition) is 1. The molecule has 1 aromatic heterocycles. The standard InChI is InChI=1S/C22H28N4O3/c1-3-29-20-7-5-4-6-18(20)22(28)25-12-16-8-9-17-13-26(11-10-23-15(2)27)24-21(17)19(16)14-25/h4-7,13,16,19H,3,8-12,14H2,1-2H3,(H,23,27)/t16-,19+/m1/s1. The molecule has 29 heavy (non-hydrogen) atoms. The van der Waals surface area contributed by atoms with Crippen molar-refractivity contribution in [2.45, 2.75) is 39.2 Å². The number of para-hydroxylation sites is 1. The van der Waals surface area contributed by atoms with Crippen LogP contribution in [0.25, 0.3) is 0 Å². The van der Waals surface area contributed by atoms with Crippen LogP contribution in [0.3, 0.4) is 0 Å². The Morgan fingerprint density at radius 2 is 2.10 bits per heavy atom. The van der Waals surface area contributed by atoms with E-state index in [9.17, 15) is 9.59 Å². The van der Waals surface area contributed by atoms with Gasteiger partial charge in [-0.15, -0.1) is 0 Å². The minimum Gasteiger partial charge on any atom is -0.493 e. The molecule has 2 atom stereocenters. The van der Waals surface area contributed by atoms with Crippen LogP contribution in [0.1, 0.15) is 47.8 Å². The lowest BCUT2D eigenvalue weighted by Crippen LogP contribution is -2.29. The lowest BCUT2D eigenvalue weighted by atomic mass is 9.81. The average molecular weight is 396 g/mol. The molecule has 1 aliphatic carbocycles. The Kier molecular flexibility index (Phi) is 5.56. The van der Waals surface area contributed by atoms with Crippen LogP contribution in [0.15, 0.2) is 30.5 Å². The van der Waals surface area contributed by atoms with E-state index in [1.54, 1.807) is 0 Å². The molecule has 2 aliphatic rings. The molecule has 0 saturated carbocycles. The Hall–Kier alpha value is -2.83. The monoisotopic (exact) mass is 396 g/mol. The number of fused-ring (bicyclic) bond motifs is 3. The number of nitrogens with zero attached hydrogens (tertiary/aromatic N) is 3. The van der Waals surface area contributed by atoms with Gasteiger partial charge in [0.15, 0.2) is 0 Å². The first-order valence-electron chi connectivity index (χ1n) is 10.4. The van der Waals surface area contributed by atoms with Gasteiger partial charge in [0.1, 0.15) is 5.75 Å². The van der Waals surface area contributed by atoms with Crippen LogP contribution < -0.4 is 10.1 Å². The number of benzene rings is 1. The fraction of sp³-hybridized carbons (Fsp3) is 0.500. The van der Waals surface area contributed by atoms with E-state index in [0.29, 0.717) is 43.5 Å². The quantitative estimate of drug-likeness (QED) is 0.812. The lowest BCUT2D eigenvalue weighted by Gasteiger charge is -2.22. The van der Waals surface area contributed by atoms with Crippen molar-refractivity contribution in [3.63, 3.8) is 0 Å². The molecule has 1 saturated heterocycles. The summed E-state index contributed by atoms with van der Waals surface area (Å²) >= 11 is 0. The summed E-state index contributed by atoms with van der Waals surface area (Å²) in [6.45, 7) is 6.68. The Morgan fingerprint density at radius 3 is 2.90 bits per heavy atom. The van der Waals surface area contributed by atoms with Crippen LogP contribution in [0, 0.1) is 5.92 Å². The summed E-state index contributed by atoms with van der Waals surface area (Å²) in [5, 5.41) is 7.62. The van der Waals surface area contributed by atoms with Gasteiger partial charge in [-0.05, 0) is 43.4 Å². The molecule has 0 bridgehead atoms. The number of aryl methyl sites for hydroxylation is 1. The second-order valence-electron chi connectivity index (χ2n) is 7.83. The Balaban J connectivity index is 1.48. The summed E-state index contributed by atoms with van der Waals surface area (Å²) in [4.78, 5) is 26.2. The number of amides is 2. The maximum Gasteiger partial charge on any atom is 0.257 e. The topological polar surface area (TPSA) is 76.5 Å². The lowest BCUT2D eigenvalue weighted by molar-refractivity contribution is -0.118. The molecule has 7 heteroatoms. The number of carbonyl (C=O) groups excluding carboxylic acids is 2. The van der Waals surface area contributed by atoms with Gasteiger partial charge in [-0.2, -0.15) is 5.10 Å². The minimum absolute atomic E-state index is 0.0285. The third-order valence-corrected chi connectivity index (χ3v) is 5.87. The highest BCUT2D eigenvalue weighted by Crippen LogP contribution is 2.41. The zero-order chi connectivity index (χ0) is 20.4. The summed E-state index contributed by atoms with van der Waals surface area (Å²) in [6, 6.07) is 7.48. The second kappa shape index (κ2) is 8.27. The zero-order valence-corrected chi connectivity index (χ0v) is 17.1. The van der Waals surface area contributed by atoms with Gasteiger partial charge in [0.25, 0.3) is 5.91 Å². The molecule has 2 heterocycles. The first-order chi connectivity index (χ1) is 14.1. The normalized spacial score (nSPS) is 20.1. The fourth-order valence-corrected chi connectivity index (χ4v) is 4.52. The zero-order valence-electron chi connectivity index (χ0n) is 17.1. The Bertz CT molecular complexity index is 907. The number of carbonyl (C=O) groups is 2. The predicted molar refractivity (Wildman–Crippen MR) is 109 cm³/mol. The molecule has 154 valence electrons. The van der Waals surface area contributed by atoms with Gasteiger partial charge in [-0.3, -0.25) is 14.3 Å². The second-order valence-corrected chi connectivity index (χ2v) is 7.83. The summed E-state index contributed by atoms with van der Waals surface area (Å²) < 4.78 is 7.59. The SMILES string of the molecule is CCOc1ccccc1C(=O)N1C[C@H]2CCc3cn(CCNC(C)=O)nc3[C@H]2C1. The van der Waals surface area contributed by atoms with Crippen LogP contribution in [0.5, 0.6) is 5.75 Å². The highest BCUT2D eigenvalue weighted by molar-refractivity contribution is 5.97. The van der Waals surface area contributed by atoms with Crippen molar-refractivity contribution in [2.24, 2.45) is 5.92 Å². The van der Waals surface area contributed by atoms with Gasteiger partial charge in [0.05, 0.1) is 24.4 Å². The van der Waals surface area contributed by atoms with Crippen LogP contribution in [0.2, 0.25) is 0 Å². The highest BCUT2D eigenvalue weighted by atomic mass is 16.5. The van der Waals surface area contributed by atoms with E-state index in [-0.39, 0.29) is 17.7 Å². The van der Waals surface area contributed by atoms with Crippen LogP contribution >= 0.6 is 0 Å². The van der Waals surface area contributed by atoms with Crippen LogP contribution in [-0.4, -0.2) is 52.7 Å². The highest BCUT2D eigenvalue weighted by Gasteiger charge is 2.41. The molecule has 0 spiro atoms. The molecule has 0 unspecified atom stereocenters. The van der Waals surface area contributed by atoms with Crippen molar-refractivity contribution in [3.8, 4) is 5.75 Å². The van der Waals surface area contributed by atoms with E-state index < -0.39 is 0 Å². The van der Waals surface area contributed by atoms with Gasteiger partial charge in [-0.25, -0.2) is 0 Å². The first-order valence-corrected chi connectivity index (χ1v) is 10.4. The molecule has 1 N–H and O–H groups in total. The number of ether oxygens (including phenoxy) is 1. The van der Waals surface area contributed by atoms with Crippen LogP contribution in [-0.2, 0) is 17.8 Å². The van der Waals surface area contributed by atoms with E-state index in [1.807, 2.05) is 40.8 Å². The van der Waals surface area contributed by atoms with Gasteiger partial charge >= 0.3 is 0 Å². The van der Waals surface area contributed by atoms with Crippen LogP contribution in [0.4, 0.5) is 0 Å². The molecule has 7 nitrogen and oxygen atoms in total. The molecular formula is C22H28N4O3. The molecule has 1 fully saturated rings. The molecule has 1 aliphatic heterocycles. The van der Waals surface area contributed by atoms with Crippen molar-refractivity contribution in [3.05, 3.63) is 47.3 Å². The fourth-order valence-electron chi connectivity index (χ4n) is 4.52. The van der Waals surface area contributed by atoms with Gasteiger partial charge < -0.3 is 15.0 Å². The predicted octanol–water partition coefficient (Wildman–Crippen LogP) is 2.22. The Morgan fingerprint density at radius 1 is 1.28 bits per heavy atom. The van der Waals surface area contributed by atoms with Crippen molar-refractivity contribution in [1.29, 1.82) is 0 Å². The van der Waals surface area contributed by atoms with Crippen molar-refractivity contribution in [1.82, 2.24) is 20.0 Å². The summed E-state index contributed by atoms with van der Waals surface area (Å²) in [5.41, 5.74) is 3.03. The Labute approximate surface area is 171 Å². The van der Waals surface area contributed by atoms with E-state index in [0.717, 1.165) is 25.1 Å². The maximum absolute atomic E-state index is 13.2. The first kappa shape index (κ1) is 19.5. The largest absolute Gasteiger partial charge is 0.493 e. The summed E-state index contributed by atoms with van der Waals surface area (Å²) in [7, 11) is 0. The molecule has 2 aromatic rings. The third kappa shape index (κ3) is 3.99. The number of likely N-dealkylation sites (tertiary alicyclic amines) is 1. The summed E-state index contributed by atoms with van der Waals surface area (Å²) in [5.74, 6) is 1.39. The maximum atomic E-state index is 13.2. The van der Waals surface area contributed by atoms with E-state index >= 15 is 0 Å². The molecule has 2 amide bonds. The number of aromatic nitrogens is 2. The van der Waals surface area contributed by atoms with Gasteiger partial charge in [-0.1, -0.05) is 12.1 Å². The average Bonchev–Trinajstić information content (AvgIpc) is 3.31. The van der Waals surface area contributed by atoms with Crippen molar-refractivity contribution in [2.75, 3.05) is 26.2 Å². The number of nitrogens with one attached hydrogen (secondary N) is 1. The number of hydrogen-bond acceptors (Lipinski definition) is 4. The molecule has 1 aromatic carbocycles. The van der Waals surface area contributed by atoms with E-state index in [4.69, 9.17) is 9.84 Å². The van der Waals surface area contributed by atoms with Gasteiger partial charge in [0, 0.05) is 38.7 Å². The molecule has 0 radical (unpaired) electrons. The smallest absolute Gasteiger partial charge is 0.257 e. The van der Waals surface area contributed by atoms with Crippen molar-refractivity contribution < 1.29 is 14.3 Å². The summed E-state index contributed by atoms with van der Waals surface area (Å²) in [6.07, 6.45) is 4.17. The molecule has 4 rings (SSSR count).